The molecule has 0 radical (unpaired) electrons. The molecule has 82 valence electrons. The monoisotopic (exact) mass is 223 g/mol. The SMILES string of the molecule is CC(C)(C)c1ccc(N(N)C(N)=S)cc1. The summed E-state index contributed by atoms with van der Waals surface area (Å²) in [5.41, 5.74) is 7.62. The van der Waals surface area contributed by atoms with Gasteiger partial charge in [0.15, 0.2) is 5.11 Å². The van der Waals surface area contributed by atoms with Crippen LogP contribution in [0.4, 0.5) is 5.69 Å². The van der Waals surface area contributed by atoms with E-state index in [2.05, 4.69) is 20.8 Å². The molecule has 0 amide bonds. The van der Waals surface area contributed by atoms with E-state index in [1.54, 1.807) is 0 Å². The molecule has 0 spiro atoms. The molecule has 15 heavy (non-hydrogen) atoms. The van der Waals surface area contributed by atoms with E-state index in [0.29, 0.717) is 0 Å². The molecular weight excluding hydrogens is 206 g/mol. The third kappa shape index (κ3) is 2.91. The van der Waals surface area contributed by atoms with Gasteiger partial charge in [-0.05, 0) is 35.3 Å². The van der Waals surface area contributed by atoms with Gasteiger partial charge in [-0.1, -0.05) is 32.9 Å². The second-order valence-electron chi connectivity index (χ2n) is 4.51. The quantitative estimate of drug-likeness (QED) is 0.434. The Balaban J connectivity index is 2.95. The highest BCUT2D eigenvalue weighted by molar-refractivity contribution is 7.80. The second-order valence-corrected chi connectivity index (χ2v) is 4.92. The third-order valence-corrected chi connectivity index (χ3v) is 2.45. The molecule has 0 bridgehead atoms. The summed E-state index contributed by atoms with van der Waals surface area (Å²) in [7, 11) is 0. The average molecular weight is 223 g/mol. The highest BCUT2D eigenvalue weighted by Crippen LogP contribution is 2.24. The number of nitrogens with zero attached hydrogens (tertiary/aromatic N) is 1. The van der Waals surface area contributed by atoms with Crippen molar-refractivity contribution in [3.63, 3.8) is 0 Å². The van der Waals surface area contributed by atoms with Gasteiger partial charge in [-0.25, -0.2) is 5.84 Å². The molecule has 0 saturated heterocycles. The number of rotatable bonds is 1. The van der Waals surface area contributed by atoms with E-state index >= 15 is 0 Å². The van der Waals surface area contributed by atoms with Crippen LogP contribution in [0.5, 0.6) is 0 Å². The van der Waals surface area contributed by atoms with E-state index in [1.165, 1.54) is 10.6 Å². The number of hydrogen-bond acceptors (Lipinski definition) is 2. The number of thiocarbonyl (C=S) groups is 1. The molecule has 1 rings (SSSR count). The molecule has 0 heterocycles. The van der Waals surface area contributed by atoms with Crippen LogP contribution in [0.15, 0.2) is 24.3 Å². The van der Waals surface area contributed by atoms with E-state index in [-0.39, 0.29) is 10.5 Å². The van der Waals surface area contributed by atoms with Crippen LogP contribution < -0.4 is 16.6 Å². The van der Waals surface area contributed by atoms with Crippen molar-refractivity contribution in [3.05, 3.63) is 29.8 Å². The third-order valence-electron chi connectivity index (χ3n) is 2.25. The zero-order valence-electron chi connectivity index (χ0n) is 9.32. The maximum absolute atomic E-state index is 5.66. The van der Waals surface area contributed by atoms with Crippen LogP contribution in [-0.4, -0.2) is 5.11 Å². The Morgan fingerprint density at radius 3 is 2.00 bits per heavy atom. The van der Waals surface area contributed by atoms with Crippen LogP contribution in [0.2, 0.25) is 0 Å². The Labute approximate surface area is 96.0 Å². The van der Waals surface area contributed by atoms with Crippen molar-refractivity contribution in [1.29, 1.82) is 0 Å². The van der Waals surface area contributed by atoms with Crippen molar-refractivity contribution in [2.24, 2.45) is 11.6 Å². The fourth-order valence-electron chi connectivity index (χ4n) is 1.25. The Morgan fingerprint density at radius 2 is 1.67 bits per heavy atom. The second kappa shape index (κ2) is 4.16. The summed E-state index contributed by atoms with van der Waals surface area (Å²) in [5, 5.41) is 1.46. The minimum Gasteiger partial charge on any atom is -0.375 e. The number of hydrogen-bond donors (Lipinski definition) is 2. The Kier molecular flexibility index (Phi) is 3.31. The van der Waals surface area contributed by atoms with Gasteiger partial charge in [-0.3, -0.25) is 5.01 Å². The lowest BCUT2D eigenvalue weighted by molar-refractivity contribution is 0.590. The summed E-state index contributed by atoms with van der Waals surface area (Å²) >= 11 is 4.79. The molecule has 3 nitrogen and oxygen atoms in total. The summed E-state index contributed by atoms with van der Waals surface area (Å²) in [4.78, 5) is 0. The summed E-state index contributed by atoms with van der Waals surface area (Å²) in [6.45, 7) is 6.49. The zero-order valence-corrected chi connectivity index (χ0v) is 10.1. The minimum atomic E-state index is 0.140. The number of anilines is 1. The van der Waals surface area contributed by atoms with E-state index in [4.69, 9.17) is 23.8 Å². The Bertz CT molecular complexity index is 351. The smallest absolute Gasteiger partial charge is 0.185 e. The van der Waals surface area contributed by atoms with Crippen LogP contribution in [0.25, 0.3) is 0 Å². The van der Waals surface area contributed by atoms with Crippen molar-refractivity contribution in [2.75, 3.05) is 5.01 Å². The van der Waals surface area contributed by atoms with E-state index in [9.17, 15) is 0 Å². The van der Waals surface area contributed by atoms with E-state index in [1.807, 2.05) is 24.3 Å². The fraction of sp³-hybridized carbons (Fsp3) is 0.364. The van der Waals surface area contributed by atoms with Crippen molar-refractivity contribution in [1.82, 2.24) is 0 Å². The van der Waals surface area contributed by atoms with Crippen LogP contribution in [0.3, 0.4) is 0 Å². The minimum absolute atomic E-state index is 0.140. The molecule has 0 aliphatic carbocycles. The molecule has 0 saturated carbocycles. The Morgan fingerprint density at radius 1 is 1.20 bits per heavy atom. The maximum atomic E-state index is 5.66. The number of nitrogens with two attached hydrogens (primary N) is 2. The lowest BCUT2D eigenvalue weighted by atomic mass is 9.87. The summed E-state index contributed by atoms with van der Waals surface area (Å²) in [6, 6.07) is 7.90. The highest BCUT2D eigenvalue weighted by Gasteiger charge is 2.13. The topological polar surface area (TPSA) is 55.3 Å². The van der Waals surface area contributed by atoms with Gasteiger partial charge in [-0.15, -0.1) is 0 Å². The van der Waals surface area contributed by atoms with Gasteiger partial charge in [-0.2, -0.15) is 0 Å². The van der Waals surface area contributed by atoms with Gasteiger partial charge in [0.05, 0.1) is 5.69 Å². The van der Waals surface area contributed by atoms with Crippen LogP contribution >= 0.6 is 12.2 Å². The average Bonchev–Trinajstić information content (AvgIpc) is 2.15. The van der Waals surface area contributed by atoms with Crippen molar-refractivity contribution >= 4 is 23.0 Å². The van der Waals surface area contributed by atoms with Gasteiger partial charge in [0.1, 0.15) is 0 Å². The molecule has 4 heteroatoms. The van der Waals surface area contributed by atoms with Gasteiger partial charge >= 0.3 is 0 Å². The molecule has 0 unspecified atom stereocenters. The van der Waals surface area contributed by atoms with Crippen molar-refractivity contribution in [3.8, 4) is 0 Å². The van der Waals surface area contributed by atoms with Crippen molar-refractivity contribution in [2.45, 2.75) is 26.2 Å². The molecule has 0 aromatic heterocycles. The molecule has 0 atom stereocenters. The number of benzene rings is 1. The predicted molar refractivity (Wildman–Crippen MR) is 68.6 cm³/mol. The summed E-state index contributed by atoms with van der Waals surface area (Å²) < 4.78 is 0. The van der Waals surface area contributed by atoms with Crippen LogP contribution in [0, 0.1) is 0 Å². The predicted octanol–water partition coefficient (Wildman–Crippen LogP) is 1.91. The first kappa shape index (κ1) is 11.9. The first-order valence-electron chi connectivity index (χ1n) is 4.77. The van der Waals surface area contributed by atoms with Crippen LogP contribution in [-0.2, 0) is 5.41 Å². The van der Waals surface area contributed by atoms with Crippen LogP contribution in [0.1, 0.15) is 26.3 Å². The van der Waals surface area contributed by atoms with Gasteiger partial charge < -0.3 is 5.73 Å². The van der Waals surface area contributed by atoms with E-state index in [0.717, 1.165) is 5.69 Å². The van der Waals surface area contributed by atoms with Gasteiger partial charge in [0, 0.05) is 0 Å². The molecule has 0 aliphatic heterocycles. The molecule has 0 fully saturated rings. The maximum Gasteiger partial charge on any atom is 0.185 e. The normalized spacial score (nSPS) is 11.2. The zero-order chi connectivity index (χ0) is 11.6. The highest BCUT2D eigenvalue weighted by atomic mass is 32.1. The number of hydrazine groups is 1. The van der Waals surface area contributed by atoms with E-state index < -0.39 is 0 Å². The van der Waals surface area contributed by atoms with Gasteiger partial charge in [0.2, 0.25) is 0 Å². The van der Waals surface area contributed by atoms with Crippen molar-refractivity contribution < 1.29 is 0 Å². The first-order chi connectivity index (χ1) is 6.82. The summed E-state index contributed by atoms with van der Waals surface area (Å²) in [6.07, 6.45) is 0. The standard InChI is InChI=1S/C11H17N3S/c1-11(2,3)8-4-6-9(7-5-8)14(13)10(12)15/h4-7H,13H2,1-3H3,(H2,12,15). The Hall–Kier alpha value is -1.13. The molecule has 0 aliphatic rings. The summed E-state index contributed by atoms with van der Waals surface area (Å²) in [5.74, 6) is 5.66. The lowest BCUT2D eigenvalue weighted by Gasteiger charge is -2.21. The molecule has 4 N–H and O–H groups in total. The molecular formula is C11H17N3S. The first-order valence-corrected chi connectivity index (χ1v) is 5.18. The van der Waals surface area contributed by atoms with Gasteiger partial charge in [0.25, 0.3) is 0 Å². The molecule has 1 aromatic carbocycles. The molecule has 1 aromatic rings. The lowest BCUT2D eigenvalue weighted by Crippen LogP contribution is -2.41. The fourth-order valence-corrected chi connectivity index (χ4v) is 1.35. The largest absolute Gasteiger partial charge is 0.375 e.